The number of nitrogens with one attached hydrogen (secondary N) is 1. The summed E-state index contributed by atoms with van der Waals surface area (Å²) in [5, 5.41) is 1.16. The van der Waals surface area contributed by atoms with Gasteiger partial charge < -0.3 is 14.8 Å². The SMILES string of the molecule is CCCCN1C(=O)C2Cc3c([nH]c4ccccc34)CN2C(=O)C1c1ccc(C)cc1. The van der Waals surface area contributed by atoms with E-state index in [4.69, 9.17) is 0 Å². The predicted octanol–water partition coefficient (Wildman–Crippen LogP) is 4.11. The standard InChI is InChI=1S/C25H27N3O2/c1-3-4-13-27-23(17-11-9-16(2)10-12-17)25(30)28-15-21-19(14-22(28)24(27)29)18-7-5-6-8-20(18)26-21/h5-12,22-23,26H,3-4,13-15H2,1-2H3. The zero-order valence-corrected chi connectivity index (χ0v) is 17.5. The van der Waals surface area contributed by atoms with Crippen molar-refractivity contribution in [3.8, 4) is 0 Å². The van der Waals surface area contributed by atoms with E-state index in [1.165, 1.54) is 5.56 Å². The number of unbranched alkanes of at least 4 members (excludes halogenated alkanes) is 1. The number of para-hydroxylation sites is 1. The first-order chi connectivity index (χ1) is 14.6. The van der Waals surface area contributed by atoms with Gasteiger partial charge in [-0.1, -0.05) is 61.4 Å². The molecule has 0 radical (unpaired) electrons. The maximum atomic E-state index is 13.7. The lowest BCUT2D eigenvalue weighted by molar-refractivity contribution is -0.163. The first kappa shape index (κ1) is 18.9. The molecule has 3 heterocycles. The molecule has 5 nitrogen and oxygen atoms in total. The fourth-order valence-corrected chi connectivity index (χ4v) is 4.91. The molecule has 5 rings (SSSR count). The number of H-pyrrole nitrogens is 1. The lowest BCUT2D eigenvalue weighted by Crippen LogP contribution is -2.62. The van der Waals surface area contributed by atoms with Gasteiger partial charge in [0.25, 0.3) is 5.91 Å². The molecule has 0 bridgehead atoms. The third-order valence-corrected chi connectivity index (χ3v) is 6.55. The number of hydrogen-bond acceptors (Lipinski definition) is 2. The van der Waals surface area contributed by atoms with E-state index in [1.54, 1.807) is 4.90 Å². The van der Waals surface area contributed by atoms with E-state index in [-0.39, 0.29) is 11.8 Å². The van der Waals surface area contributed by atoms with Gasteiger partial charge in [0.1, 0.15) is 12.1 Å². The third-order valence-electron chi connectivity index (χ3n) is 6.55. The molecular weight excluding hydrogens is 374 g/mol. The topological polar surface area (TPSA) is 56.4 Å². The Morgan fingerprint density at radius 2 is 1.80 bits per heavy atom. The normalized spacial score (nSPS) is 21.1. The highest BCUT2D eigenvalue weighted by molar-refractivity contribution is 5.99. The Morgan fingerprint density at radius 1 is 1.03 bits per heavy atom. The fraction of sp³-hybridized carbons (Fsp3) is 0.360. The molecule has 2 aliphatic heterocycles. The van der Waals surface area contributed by atoms with Crippen molar-refractivity contribution in [2.24, 2.45) is 0 Å². The quantitative estimate of drug-likeness (QED) is 0.715. The first-order valence-corrected chi connectivity index (χ1v) is 10.8. The van der Waals surface area contributed by atoms with Crippen molar-refractivity contribution in [1.29, 1.82) is 0 Å². The summed E-state index contributed by atoms with van der Waals surface area (Å²) in [6.45, 7) is 5.22. The van der Waals surface area contributed by atoms with Crippen LogP contribution < -0.4 is 0 Å². The Morgan fingerprint density at radius 3 is 2.57 bits per heavy atom. The number of aromatic nitrogens is 1. The van der Waals surface area contributed by atoms with Crippen molar-refractivity contribution in [3.05, 3.63) is 70.9 Å². The summed E-state index contributed by atoms with van der Waals surface area (Å²) in [7, 11) is 0. The number of piperazine rings is 1. The van der Waals surface area contributed by atoms with E-state index in [1.807, 2.05) is 48.2 Å². The molecule has 1 fully saturated rings. The lowest BCUT2D eigenvalue weighted by atomic mass is 9.89. The van der Waals surface area contributed by atoms with Crippen LogP contribution >= 0.6 is 0 Å². The molecule has 1 aromatic heterocycles. The predicted molar refractivity (Wildman–Crippen MR) is 117 cm³/mol. The van der Waals surface area contributed by atoms with E-state index in [2.05, 4.69) is 24.0 Å². The van der Waals surface area contributed by atoms with Crippen molar-refractivity contribution >= 4 is 22.7 Å². The van der Waals surface area contributed by atoms with E-state index in [0.29, 0.717) is 19.5 Å². The van der Waals surface area contributed by atoms with Gasteiger partial charge in [0.05, 0.1) is 6.54 Å². The van der Waals surface area contributed by atoms with Crippen molar-refractivity contribution in [2.45, 2.75) is 51.7 Å². The molecule has 1 saturated heterocycles. The minimum absolute atomic E-state index is 0.0314. The second kappa shape index (κ2) is 7.31. The number of amides is 2. The first-order valence-electron chi connectivity index (χ1n) is 10.8. The van der Waals surface area contributed by atoms with Gasteiger partial charge in [-0.3, -0.25) is 9.59 Å². The fourth-order valence-electron chi connectivity index (χ4n) is 4.91. The maximum Gasteiger partial charge on any atom is 0.251 e. The van der Waals surface area contributed by atoms with E-state index < -0.39 is 12.1 Å². The summed E-state index contributed by atoms with van der Waals surface area (Å²) < 4.78 is 0. The molecule has 5 heteroatoms. The minimum atomic E-state index is -0.535. The molecule has 2 amide bonds. The molecule has 0 saturated carbocycles. The molecule has 2 aliphatic rings. The van der Waals surface area contributed by atoms with Crippen LogP contribution in [-0.2, 0) is 22.6 Å². The summed E-state index contributed by atoms with van der Waals surface area (Å²) in [6.07, 6.45) is 2.46. The molecular formula is C25H27N3O2. The summed E-state index contributed by atoms with van der Waals surface area (Å²) in [5.41, 5.74) is 5.35. The Hall–Kier alpha value is -3.08. The van der Waals surface area contributed by atoms with E-state index in [9.17, 15) is 9.59 Å². The Balaban J connectivity index is 1.56. The zero-order chi connectivity index (χ0) is 20.8. The second-order valence-corrected chi connectivity index (χ2v) is 8.51. The van der Waals surface area contributed by atoms with Gasteiger partial charge in [-0.25, -0.2) is 0 Å². The second-order valence-electron chi connectivity index (χ2n) is 8.51. The van der Waals surface area contributed by atoms with Crippen LogP contribution in [-0.4, -0.2) is 39.2 Å². The van der Waals surface area contributed by atoms with E-state index in [0.717, 1.165) is 40.6 Å². The lowest BCUT2D eigenvalue weighted by Gasteiger charge is -2.47. The average Bonchev–Trinajstić information content (AvgIpc) is 3.13. The molecule has 2 atom stereocenters. The maximum absolute atomic E-state index is 13.7. The largest absolute Gasteiger partial charge is 0.357 e. The number of fused-ring (bicyclic) bond motifs is 4. The van der Waals surface area contributed by atoms with Crippen molar-refractivity contribution in [3.63, 3.8) is 0 Å². The van der Waals surface area contributed by atoms with Gasteiger partial charge in [0, 0.05) is 29.6 Å². The summed E-state index contributed by atoms with van der Waals surface area (Å²) >= 11 is 0. The Kier molecular flexibility index (Phi) is 4.61. The van der Waals surface area contributed by atoms with Gasteiger partial charge in [-0.2, -0.15) is 0 Å². The minimum Gasteiger partial charge on any atom is -0.357 e. The van der Waals surface area contributed by atoms with Gasteiger partial charge >= 0.3 is 0 Å². The van der Waals surface area contributed by atoms with Crippen LogP contribution in [0.2, 0.25) is 0 Å². The highest BCUT2D eigenvalue weighted by Gasteiger charge is 2.48. The number of nitrogens with zero attached hydrogens (tertiary/aromatic N) is 2. The molecule has 3 aromatic rings. The van der Waals surface area contributed by atoms with Gasteiger partial charge in [-0.15, -0.1) is 0 Å². The summed E-state index contributed by atoms with van der Waals surface area (Å²) in [5.74, 6) is 0.105. The summed E-state index contributed by atoms with van der Waals surface area (Å²) in [4.78, 5) is 34.5. The van der Waals surface area contributed by atoms with Crippen molar-refractivity contribution < 1.29 is 9.59 Å². The molecule has 0 aliphatic carbocycles. The highest BCUT2D eigenvalue weighted by Crippen LogP contribution is 2.37. The van der Waals surface area contributed by atoms with E-state index >= 15 is 0 Å². The molecule has 2 unspecified atom stereocenters. The van der Waals surface area contributed by atoms with Crippen LogP contribution in [0.15, 0.2) is 48.5 Å². The Labute approximate surface area is 176 Å². The third kappa shape index (κ3) is 2.92. The Bertz CT molecular complexity index is 1120. The number of carbonyl (C=O) groups excluding carboxylic acids is 2. The van der Waals surface area contributed by atoms with Crippen LogP contribution in [0.1, 0.15) is 48.2 Å². The highest BCUT2D eigenvalue weighted by atomic mass is 16.2. The van der Waals surface area contributed by atoms with Crippen LogP contribution in [0.3, 0.4) is 0 Å². The summed E-state index contributed by atoms with van der Waals surface area (Å²) in [6, 6.07) is 15.2. The monoisotopic (exact) mass is 401 g/mol. The average molecular weight is 402 g/mol. The van der Waals surface area contributed by atoms with Crippen molar-refractivity contribution in [1.82, 2.24) is 14.8 Å². The van der Waals surface area contributed by atoms with Crippen LogP contribution in [0.5, 0.6) is 0 Å². The zero-order valence-electron chi connectivity index (χ0n) is 17.5. The molecule has 154 valence electrons. The molecule has 0 spiro atoms. The van der Waals surface area contributed by atoms with Crippen molar-refractivity contribution in [2.75, 3.05) is 6.54 Å². The van der Waals surface area contributed by atoms with Crippen LogP contribution in [0, 0.1) is 6.92 Å². The number of hydrogen-bond donors (Lipinski definition) is 1. The number of benzene rings is 2. The van der Waals surface area contributed by atoms with Gasteiger partial charge in [0.15, 0.2) is 0 Å². The van der Waals surface area contributed by atoms with Gasteiger partial charge in [-0.05, 0) is 30.5 Å². The molecule has 2 aromatic carbocycles. The van der Waals surface area contributed by atoms with Crippen LogP contribution in [0.25, 0.3) is 10.9 Å². The van der Waals surface area contributed by atoms with Gasteiger partial charge in [0.2, 0.25) is 5.91 Å². The molecule has 30 heavy (non-hydrogen) atoms. The number of rotatable bonds is 4. The van der Waals surface area contributed by atoms with Crippen LogP contribution in [0.4, 0.5) is 0 Å². The molecule has 1 N–H and O–H groups in total. The number of aromatic amines is 1. The number of aryl methyl sites for hydroxylation is 1. The number of carbonyl (C=O) groups is 2. The smallest absolute Gasteiger partial charge is 0.251 e.